The molecule has 96 valence electrons. The zero-order valence-corrected chi connectivity index (χ0v) is 11.4. The number of fused-ring (bicyclic) bond motifs is 1. The summed E-state index contributed by atoms with van der Waals surface area (Å²) in [4.78, 5) is 15.6. The van der Waals surface area contributed by atoms with Crippen molar-refractivity contribution in [3.63, 3.8) is 0 Å². The minimum atomic E-state index is -0.365. The van der Waals surface area contributed by atoms with Gasteiger partial charge in [-0.05, 0) is 19.4 Å². The van der Waals surface area contributed by atoms with E-state index in [1.807, 2.05) is 6.92 Å². The van der Waals surface area contributed by atoms with Gasteiger partial charge in [0.2, 0.25) is 0 Å². The lowest BCUT2D eigenvalue weighted by Crippen LogP contribution is -1.92. The third kappa shape index (κ3) is 2.80. The Balaban J connectivity index is 2.40. The van der Waals surface area contributed by atoms with Crippen LogP contribution in [0.25, 0.3) is 10.2 Å². The van der Waals surface area contributed by atoms with Gasteiger partial charge in [0.15, 0.2) is 0 Å². The van der Waals surface area contributed by atoms with Crippen molar-refractivity contribution in [2.45, 2.75) is 18.2 Å². The zero-order valence-electron chi connectivity index (χ0n) is 9.75. The quantitative estimate of drug-likeness (QED) is 0.395. The second-order valence-corrected chi connectivity index (χ2v) is 6.07. The highest BCUT2D eigenvalue weighted by Gasteiger charge is 2.17. The lowest BCUT2D eigenvalue weighted by atomic mass is 10.3. The molecule has 2 rings (SSSR count). The smallest absolute Gasteiger partial charge is 0.284 e. The predicted molar refractivity (Wildman–Crippen MR) is 73.4 cm³/mol. The Morgan fingerprint density at radius 2 is 2.33 bits per heavy atom. The summed E-state index contributed by atoms with van der Waals surface area (Å²) in [7, 11) is 0. The van der Waals surface area contributed by atoms with Gasteiger partial charge in [0, 0.05) is 18.4 Å². The van der Waals surface area contributed by atoms with Crippen LogP contribution in [0.4, 0.5) is 5.69 Å². The van der Waals surface area contributed by atoms with E-state index in [1.165, 1.54) is 23.1 Å². The molecule has 1 heterocycles. The molecule has 0 fully saturated rings. The van der Waals surface area contributed by atoms with E-state index in [9.17, 15) is 10.1 Å². The predicted octanol–water partition coefficient (Wildman–Crippen LogP) is 2.99. The fourth-order valence-corrected chi connectivity index (χ4v) is 3.38. The minimum absolute atomic E-state index is 0.0961. The van der Waals surface area contributed by atoms with Crippen LogP contribution in [0, 0.1) is 17.0 Å². The van der Waals surface area contributed by atoms with Crippen molar-refractivity contribution < 1.29 is 10.0 Å². The number of hydrogen-bond acceptors (Lipinski definition) is 6. The first-order valence-corrected chi connectivity index (χ1v) is 7.21. The first kappa shape index (κ1) is 13.3. The molecule has 0 aliphatic heterocycles. The van der Waals surface area contributed by atoms with Crippen LogP contribution in [0.1, 0.15) is 11.4 Å². The number of hydrogen-bond donors (Lipinski definition) is 1. The molecule has 0 aliphatic carbocycles. The summed E-state index contributed by atoms with van der Waals surface area (Å²) in [5.41, 5.74) is 0.920. The van der Waals surface area contributed by atoms with Crippen molar-refractivity contribution in [3.8, 4) is 0 Å². The van der Waals surface area contributed by atoms with Gasteiger partial charge in [0.25, 0.3) is 5.69 Å². The van der Waals surface area contributed by atoms with Crippen molar-refractivity contribution in [1.82, 2.24) is 4.98 Å². The van der Waals surface area contributed by atoms with Crippen molar-refractivity contribution in [3.05, 3.63) is 27.3 Å². The molecule has 0 atom stereocenters. The Kier molecular flexibility index (Phi) is 4.15. The van der Waals surface area contributed by atoms with Crippen molar-refractivity contribution in [2.24, 2.45) is 0 Å². The molecule has 0 unspecified atom stereocenters. The SMILES string of the molecule is Cc1nc2cc(SCCCO)c([N+](=O)[O-])cc2s1. The molecule has 0 aliphatic rings. The van der Waals surface area contributed by atoms with E-state index in [0.29, 0.717) is 17.1 Å². The molecule has 0 saturated carbocycles. The topological polar surface area (TPSA) is 76.3 Å². The van der Waals surface area contributed by atoms with Gasteiger partial charge >= 0.3 is 0 Å². The second kappa shape index (κ2) is 5.64. The maximum Gasteiger partial charge on any atom is 0.284 e. The van der Waals surface area contributed by atoms with Gasteiger partial charge in [-0.15, -0.1) is 23.1 Å². The monoisotopic (exact) mass is 284 g/mol. The molecule has 0 amide bonds. The largest absolute Gasteiger partial charge is 0.396 e. The number of benzene rings is 1. The van der Waals surface area contributed by atoms with Crippen molar-refractivity contribution >= 4 is 39.0 Å². The van der Waals surface area contributed by atoms with E-state index in [1.54, 1.807) is 12.1 Å². The molecule has 2 aromatic rings. The molecule has 5 nitrogen and oxygen atoms in total. The average Bonchev–Trinajstić information content (AvgIpc) is 2.67. The highest BCUT2D eigenvalue weighted by molar-refractivity contribution is 7.99. The van der Waals surface area contributed by atoms with Gasteiger partial charge in [0.05, 0.1) is 25.0 Å². The van der Waals surface area contributed by atoms with Gasteiger partial charge < -0.3 is 5.11 Å². The summed E-state index contributed by atoms with van der Waals surface area (Å²) < 4.78 is 0.839. The van der Waals surface area contributed by atoms with Crippen LogP contribution < -0.4 is 0 Å². The number of nitro groups is 1. The van der Waals surface area contributed by atoms with Gasteiger partial charge in [-0.3, -0.25) is 10.1 Å². The second-order valence-electron chi connectivity index (χ2n) is 3.70. The van der Waals surface area contributed by atoms with Crippen molar-refractivity contribution in [1.29, 1.82) is 0 Å². The van der Waals surface area contributed by atoms with Crippen LogP contribution in [-0.4, -0.2) is 27.4 Å². The standard InChI is InChI=1S/C11H12N2O3S2/c1-7-12-8-5-11(17-4-2-3-14)9(13(15)16)6-10(8)18-7/h5-6,14H,2-4H2,1H3. The van der Waals surface area contributed by atoms with Crippen molar-refractivity contribution in [2.75, 3.05) is 12.4 Å². The number of rotatable bonds is 5. The Morgan fingerprint density at radius 1 is 1.56 bits per heavy atom. The molecule has 1 aromatic heterocycles. The number of aliphatic hydroxyl groups excluding tert-OH is 1. The Hall–Kier alpha value is -1.18. The first-order valence-electron chi connectivity index (χ1n) is 5.41. The fraction of sp³-hybridized carbons (Fsp3) is 0.364. The van der Waals surface area contributed by atoms with Crippen LogP contribution in [-0.2, 0) is 0 Å². The summed E-state index contributed by atoms with van der Waals surface area (Å²) >= 11 is 2.84. The third-order valence-corrected chi connectivity index (χ3v) is 4.40. The Bertz CT molecular complexity index is 583. The summed E-state index contributed by atoms with van der Waals surface area (Å²) in [5, 5.41) is 20.7. The number of nitrogens with zero attached hydrogens (tertiary/aromatic N) is 2. The molecule has 1 aromatic carbocycles. The van der Waals surface area contributed by atoms with Crippen LogP contribution in [0.5, 0.6) is 0 Å². The lowest BCUT2D eigenvalue weighted by Gasteiger charge is -2.02. The van der Waals surface area contributed by atoms with E-state index in [0.717, 1.165) is 15.2 Å². The van der Waals surface area contributed by atoms with Gasteiger partial charge in [-0.2, -0.15) is 0 Å². The summed E-state index contributed by atoms with van der Waals surface area (Å²) in [6.45, 7) is 1.98. The molecule has 7 heteroatoms. The molecule has 0 saturated heterocycles. The summed E-state index contributed by atoms with van der Waals surface area (Å²) in [6, 6.07) is 3.35. The Labute approximate surface area is 112 Å². The van der Waals surface area contributed by atoms with E-state index in [-0.39, 0.29) is 17.2 Å². The van der Waals surface area contributed by atoms with E-state index in [4.69, 9.17) is 5.11 Å². The average molecular weight is 284 g/mol. The molecule has 1 N–H and O–H groups in total. The molecule has 0 spiro atoms. The number of aliphatic hydroxyl groups is 1. The van der Waals surface area contributed by atoms with Crippen LogP contribution in [0.2, 0.25) is 0 Å². The maximum atomic E-state index is 11.0. The normalized spacial score (nSPS) is 11.0. The van der Waals surface area contributed by atoms with E-state index < -0.39 is 0 Å². The number of nitro benzene ring substituents is 1. The van der Waals surface area contributed by atoms with E-state index in [2.05, 4.69) is 4.98 Å². The highest BCUT2D eigenvalue weighted by Crippen LogP contribution is 2.35. The van der Waals surface area contributed by atoms with Gasteiger partial charge in [-0.25, -0.2) is 4.98 Å². The summed E-state index contributed by atoms with van der Waals surface area (Å²) in [6.07, 6.45) is 0.621. The lowest BCUT2D eigenvalue weighted by molar-refractivity contribution is -0.387. The highest BCUT2D eigenvalue weighted by atomic mass is 32.2. The minimum Gasteiger partial charge on any atom is -0.396 e. The third-order valence-electron chi connectivity index (χ3n) is 2.33. The van der Waals surface area contributed by atoms with Crippen LogP contribution >= 0.6 is 23.1 Å². The Morgan fingerprint density at radius 3 is 3.00 bits per heavy atom. The number of thiazole rings is 1. The van der Waals surface area contributed by atoms with Gasteiger partial charge in [0.1, 0.15) is 0 Å². The first-order chi connectivity index (χ1) is 8.61. The molecule has 0 bridgehead atoms. The number of thioether (sulfide) groups is 1. The van der Waals surface area contributed by atoms with E-state index >= 15 is 0 Å². The number of aryl methyl sites for hydroxylation is 1. The fourth-order valence-electron chi connectivity index (χ4n) is 1.56. The molecule has 18 heavy (non-hydrogen) atoms. The van der Waals surface area contributed by atoms with Gasteiger partial charge in [-0.1, -0.05) is 0 Å². The molecular weight excluding hydrogens is 272 g/mol. The summed E-state index contributed by atoms with van der Waals surface area (Å²) in [5.74, 6) is 0.659. The zero-order chi connectivity index (χ0) is 13.1. The van der Waals surface area contributed by atoms with Crippen LogP contribution in [0.3, 0.4) is 0 Å². The maximum absolute atomic E-state index is 11.0. The molecule has 0 radical (unpaired) electrons. The van der Waals surface area contributed by atoms with Crippen LogP contribution in [0.15, 0.2) is 17.0 Å². The molecular formula is C11H12N2O3S2. The number of aromatic nitrogens is 1.